The lowest BCUT2D eigenvalue weighted by Crippen LogP contribution is -2.33. The summed E-state index contributed by atoms with van der Waals surface area (Å²) in [4.78, 5) is 22.2. The summed E-state index contributed by atoms with van der Waals surface area (Å²) in [5.41, 5.74) is 0.996. The molecule has 1 atom stereocenters. The molecule has 0 aliphatic heterocycles. The van der Waals surface area contributed by atoms with Crippen molar-refractivity contribution in [1.82, 2.24) is 24.3 Å². The zero-order valence-electron chi connectivity index (χ0n) is 13.6. The van der Waals surface area contributed by atoms with Crippen LogP contribution in [0.4, 0.5) is 0 Å². The number of hydrogen-bond donors (Lipinski definition) is 1. The van der Waals surface area contributed by atoms with Gasteiger partial charge >= 0.3 is 0 Å². The molecule has 0 aromatic carbocycles. The summed E-state index contributed by atoms with van der Waals surface area (Å²) in [5.74, 6) is 1.23. The molecule has 1 N–H and O–H groups in total. The predicted octanol–water partition coefficient (Wildman–Crippen LogP) is 2.64. The first-order chi connectivity index (χ1) is 11.1. The number of fused-ring (bicyclic) bond motifs is 1. The largest absolute Gasteiger partial charge is 0.354 e. The molecule has 0 aliphatic rings. The number of amides is 1. The Morgan fingerprint density at radius 2 is 2.17 bits per heavy atom. The summed E-state index contributed by atoms with van der Waals surface area (Å²) in [6.45, 7) is 6.64. The highest BCUT2D eigenvalue weighted by Crippen LogP contribution is 2.17. The molecule has 0 radical (unpaired) electrons. The summed E-state index contributed by atoms with van der Waals surface area (Å²) in [7, 11) is 0. The fourth-order valence-electron chi connectivity index (χ4n) is 2.58. The maximum atomic E-state index is 12.3. The first-order valence-electron chi connectivity index (χ1n) is 7.77. The molecule has 0 bridgehead atoms. The van der Waals surface area contributed by atoms with Crippen molar-refractivity contribution in [3.05, 3.63) is 41.7 Å². The Morgan fingerprint density at radius 3 is 2.91 bits per heavy atom. The van der Waals surface area contributed by atoms with Gasteiger partial charge in [-0.05, 0) is 6.92 Å². The third kappa shape index (κ3) is 3.29. The van der Waals surface area contributed by atoms with Crippen molar-refractivity contribution < 1.29 is 4.79 Å². The lowest BCUT2D eigenvalue weighted by molar-refractivity contribution is -0.123. The highest BCUT2D eigenvalue weighted by atomic mass is 32.1. The van der Waals surface area contributed by atoms with Gasteiger partial charge in [-0.3, -0.25) is 9.20 Å². The molecule has 6 nitrogen and oxygen atoms in total. The Balaban J connectivity index is 1.56. The van der Waals surface area contributed by atoms with Crippen LogP contribution in [0, 0.1) is 0 Å². The summed E-state index contributed by atoms with van der Waals surface area (Å²) in [5, 5.41) is 5.00. The van der Waals surface area contributed by atoms with Crippen molar-refractivity contribution in [2.75, 3.05) is 6.54 Å². The third-order valence-electron chi connectivity index (χ3n) is 3.84. The Hall–Kier alpha value is -2.15. The molecule has 7 heteroatoms. The van der Waals surface area contributed by atoms with Gasteiger partial charge in [-0.2, -0.15) is 0 Å². The van der Waals surface area contributed by atoms with Gasteiger partial charge in [0.25, 0.3) is 0 Å². The number of aromatic nitrogens is 4. The first-order valence-corrected chi connectivity index (χ1v) is 8.65. The monoisotopic (exact) mass is 331 g/mol. The zero-order valence-corrected chi connectivity index (χ0v) is 14.4. The first kappa shape index (κ1) is 15.7. The van der Waals surface area contributed by atoms with Gasteiger partial charge in [-0.1, -0.05) is 13.8 Å². The Labute approximate surface area is 139 Å². The van der Waals surface area contributed by atoms with Crippen LogP contribution >= 0.6 is 11.3 Å². The Kier molecular flexibility index (Phi) is 4.47. The van der Waals surface area contributed by atoms with Crippen LogP contribution in [0.1, 0.15) is 44.2 Å². The van der Waals surface area contributed by atoms with Crippen molar-refractivity contribution >= 4 is 22.2 Å². The smallest absolute Gasteiger partial charge is 0.242 e. The van der Waals surface area contributed by atoms with E-state index in [0.29, 0.717) is 12.5 Å². The van der Waals surface area contributed by atoms with Gasteiger partial charge in [0, 0.05) is 49.1 Å². The van der Waals surface area contributed by atoms with Gasteiger partial charge in [0.15, 0.2) is 4.96 Å². The molecule has 1 amide bonds. The van der Waals surface area contributed by atoms with Gasteiger partial charge in [0.1, 0.15) is 11.9 Å². The van der Waals surface area contributed by atoms with E-state index < -0.39 is 0 Å². The number of carbonyl (C=O) groups is 1. The van der Waals surface area contributed by atoms with E-state index in [0.717, 1.165) is 22.9 Å². The van der Waals surface area contributed by atoms with Gasteiger partial charge < -0.3 is 9.88 Å². The lowest BCUT2D eigenvalue weighted by atomic mass is 10.2. The SMILES string of the molecule is CC(C)c1nccn1[C@@H](C)C(=O)NCCc1cn2ccsc2n1. The van der Waals surface area contributed by atoms with E-state index in [4.69, 9.17) is 0 Å². The van der Waals surface area contributed by atoms with Crippen LogP contribution in [-0.4, -0.2) is 31.4 Å². The molecule has 0 unspecified atom stereocenters. The number of carbonyl (C=O) groups excluding carboxylic acids is 1. The molecule has 3 rings (SSSR count). The molecule has 0 saturated heterocycles. The molecular formula is C16H21N5OS. The fourth-order valence-corrected chi connectivity index (χ4v) is 3.30. The average Bonchev–Trinajstić information content (AvgIpc) is 3.21. The highest BCUT2D eigenvalue weighted by Gasteiger charge is 2.18. The standard InChI is InChI=1S/C16H21N5OS/c1-11(2)14-17-6-7-21(14)12(3)15(22)18-5-4-13-10-20-8-9-23-16(20)19-13/h6-12H,4-5H2,1-3H3,(H,18,22)/t12-/m0/s1. The second kappa shape index (κ2) is 6.54. The maximum absolute atomic E-state index is 12.3. The quantitative estimate of drug-likeness (QED) is 0.755. The van der Waals surface area contributed by atoms with Gasteiger partial charge in [0.05, 0.1) is 5.69 Å². The van der Waals surface area contributed by atoms with E-state index in [9.17, 15) is 4.79 Å². The van der Waals surface area contributed by atoms with Crippen LogP contribution in [0.15, 0.2) is 30.2 Å². The number of rotatable bonds is 6. The molecule has 0 spiro atoms. The fraction of sp³-hybridized carbons (Fsp3) is 0.438. The lowest BCUT2D eigenvalue weighted by Gasteiger charge is -2.17. The molecule has 0 fully saturated rings. The van der Waals surface area contributed by atoms with E-state index in [1.807, 2.05) is 39.9 Å². The summed E-state index contributed by atoms with van der Waals surface area (Å²) in [6, 6.07) is -0.264. The minimum atomic E-state index is -0.264. The van der Waals surface area contributed by atoms with Crippen molar-refractivity contribution in [2.45, 2.75) is 39.2 Å². The average molecular weight is 331 g/mol. The van der Waals surface area contributed by atoms with E-state index in [1.165, 1.54) is 0 Å². The van der Waals surface area contributed by atoms with Crippen LogP contribution in [0.5, 0.6) is 0 Å². The molecule has 0 saturated carbocycles. The minimum Gasteiger partial charge on any atom is -0.354 e. The Bertz CT molecular complexity index is 772. The van der Waals surface area contributed by atoms with E-state index in [2.05, 4.69) is 29.1 Å². The van der Waals surface area contributed by atoms with Gasteiger partial charge in [-0.25, -0.2) is 9.97 Å². The number of hydrogen-bond acceptors (Lipinski definition) is 4. The van der Waals surface area contributed by atoms with Crippen LogP contribution < -0.4 is 5.32 Å². The number of thiazole rings is 1. The summed E-state index contributed by atoms with van der Waals surface area (Å²) < 4.78 is 3.94. The topological polar surface area (TPSA) is 64.2 Å². The molecule has 3 aromatic heterocycles. The van der Waals surface area contributed by atoms with Gasteiger partial charge in [0.2, 0.25) is 5.91 Å². The van der Waals surface area contributed by atoms with E-state index >= 15 is 0 Å². The molecule has 3 heterocycles. The van der Waals surface area contributed by atoms with E-state index in [1.54, 1.807) is 17.5 Å². The van der Waals surface area contributed by atoms with Crippen LogP contribution in [0.3, 0.4) is 0 Å². The molecule has 0 aliphatic carbocycles. The zero-order chi connectivity index (χ0) is 16.4. The van der Waals surface area contributed by atoms with Crippen molar-refractivity contribution in [2.24, 2.45) is 0 Å². The number of imidazole rings is 2. The third-order valence-corrected chi connectivity index (χ3v) is 4.61. The highest BCUT2D eigenvalue weighted by molar-refractivity contribution is 7.15. The predicted molar refractivity (Wildman–Crippen MR) is 90.8 cm³/mol. The second-order valence-corrected chi connectivity index (χ2v) is 6.76. The molecule has 122 valence electrons. The van der Waals surface area contributed by atoms with Crippen LogP contribution in [0.25, 0.3) is 4.96 Å². The number of nitrogens with one attached hydrogen (secondary N) is 1. The second-order valence-electron chi connectivity index (χ2n) is 5.89. The molecule has 3 aromatic rings. The van der Waals surface area contributed by atoms with E-state index in [-0.39, 0.29) is 11.9 Å². The summed E-state index contributed by atoms with van der Waals surface area (Å²) >= 11 is 1.61. The van der Waals surface area contributed by atoms with Crippen LogP contribution in [0.2, 0.25) is 0 Å². The Morgan fingerprint density at radius 1 is 1.35 bits per heavy atom. The van der Waals surface area contributed by atoms with Crippen LogP contribution in [-0.2, 0) is 11.2 Å². The van der Waals surface area contributed by atoms with Crippen molar-refractivity contribution in [1.29, 1.82) is 0 Å². The van der Waals surface area contributed by atoms with Gasteiger partial charge in [-0.15, -0.1) is 11.3 Å². The summed E-state index contributed by atoms with van der Waals surface area (Å²) in [6.07, 6.45) is 8.34. The molecular weight excluding hydrogens is 310 g/mol. The minimum absolute atomic E-state index is 0.00548. The molecule has 23 heavy (non-hydrogen) atoms. The van der Waals surface area contributed by atoms with Crippen molar-refractivity contribution in [3.8, 4) is 0 Å². The number of nitrogens with zero attached hydrogens (tertiary/aromatic N) is 4. The normalized spacial score (nSPS) is 12.9. The van der Waals surface area contributed by atoms with Crippen molar-refractivity contribution in [3.63, 3.8) is 0 Å². The maximum Gasteiger partial charge on any atom is 0.242 e.